The molecule has 0 fully saturated rings. The van der Waals surface area contributed by atoms with Gasteiger partial charge in [0, 0.05) is 25.3 Å². The number of hydrogen-bond donors (Lipinski definition) is 3. The van der Waals surface area contributed by atoms with Gasteiger partial charge in [-0.25, -0.2) is 4.79 Å². The smallest absolute Gasteiger partial charge is 0.315 e. The molecule has 0 aliphatic heterocycles. The third-order valence-corrected chi connectivity index (χ3v) is 3.46. The highest BCUT2D eigenvalue weighted by Crippen LogP contribution is 2.04. The molecule has 7 heteroatoms. The second-order valence-electron chi connectivity index (χ2n) is 6.27. The highest BCUT2D eigenvalue weighted by atomic mass is 16.2. The van der Waals surface area contributed by atoms with E-state index in [1.807, 2.05) is 31.5 Å². The zero-order valence-corrected chi connectivity index (χ0v) is 14.8. The van der Waals surface area contributed by atoms with Crippen LogP contribution in [-0.2, 0) is 11.3 Å². The Morgan fingerprint density at radius 2 is 1.91 bits per heavy atom. The molecule has 0 spiro atoms. The monoisotopic (exact) mass is 323 g/mol. The standard InChI is InChI=1S/C16H29N5O2/c1-6-8-18-15(23)19-16(4,5)14(22)17-9-7-10-21-13(3)11-12(2)20-21/h11H,6-10H2,1-5H3,(H,17,22)(H2,18,19,23). The SMILES string of the molecule is CCCNC(=O)NC(C)(C)C(=O)NCCCn1nc(C)cc1C. The normalized spacial score (nSPS) is 11.2. The second kappa shape index (κ2) is 8.55. The van der Waals surface area contributed by atoms with Crippen LogP contribution in [0.2, 0.25) is 0 Å². The van der Waals surface area contributed by atoms with Crippen LogP contribution in [0.1, 0.15) is 45.0 Å². The van der Waals surface area contributed by atoms with Crippen molar-refractivity contribution in [2.45, 2.75) is 59.5 Å². The molecule has 7 nitrogen and oxygen atoms in total. The number of hydrogen-bond acceptors (Lipinski definition) is 3. The summed E-state index contributed by atoms with van der Waals surface area (Å²) in [7, 11) is 0. The Kier molecular flexibility index (Phi) is 7.06. The number of carbonyl (C=O) groups excluding carboxylic acids is 2. The van der Waals surface area contributed by atoms with Gasteiger partial charge in [-0.15, -0.1) is 0 Å². The van der Waals surface area contributed by atoms with Gasteiger partial charge in [0.05, 0.1) is 5.69 Å². The lowest BCUT2D eigenvalue weighted by Gasteiger charge is -2.25. The Balaban J connectivity index is 2.34. The fourth-order valence-electron chi connectivity index (χ4n) is 2.18. The minimum atomic E-state index is -0.948. The summed E-state index contributed by atoms with van der Waals surface area (Å²) in [6.45, 7) is 11.2. The molecule has 0 aliphatic carbocycles. The first-order valence-electron chi connectivity index (χ1n) is 8.11. The van der Waals surface area contributed by atoms with Crippen molar-refractivity contribution in [2.75, 3.05) is 13.1 Å². The predicted molar refractivity (Wildman–Crippen MR) is 90.2 cm³/mol. The molecule has 0 atom stereocenters. The molecule has 23 heavy (non-hydrogen) atoms. The fourth-order valence-corrected chi connectivity index (χ4v) is 2.18. The largest absolute Gasteiger partial charge is 0.354 e. The van der Waals surface area contributed by atoms with E-state index in [4.69, 9.17) is 0 Å². The van der Waals surface area contributed by atoms with Crippen molar-refractivity contribution in [3.8, 4) is 0 Å². The molecule has 3 amide bonds. The number of rotatable bonds is 8. The van der Waals surface area contributed by atoms with Crippen molar-refractivity contribution >= 4 is 11.9 Å². The number of nitrogens with zero attached hydrogens (tertiary/aromatic N) is 2. The first kappa shape index (κ1) is 19.0. The van der Waals surface area contributed by atoms with Crippen molar-refractivity contribution in [1.82, 2.24) is 25.7 Å². The van der Waals surface area contributed by atoms with Crippen LogP contribution in [0.15, 0.2) is 6.07 Å². The lowest BCUT2D eigenvalue weighted by atomic mass is 10.1. The molecule has 0 unspecified atom stereocenters. The maximum atomic E-state index is 12.2. The highest BCUT2D eigenvalue weighted by molar-refractivity contribution is 5.90. The number of aromatic nitrogens is 2. The molecule has 1 aromatic rings. The van der Waals surface area contributed by atoms with Gasteiger partial charge >= 0.3 is 6.03 Å². The molecule has 0 saturated carbocycles. The molecule has 3 N–H and O–H groups in total. The molecule has 1 rings (SSSR count). The van der Waals surface area contributed by atoms with Gasteiger partial charge in [-0.05, 0) is 46.6 Å². The molecule has 0 radical (unpaired) electrons. The molecular formula is C16H29N5O2. The molecule has 0 aliphatic rings. The quantitative estimate of drug-likeness (QED) is 0.633. The van der Waals surface area contributed by atoms with Gasteiger partial charge in [-0.2, -0.15) is 5.10 Å². The molecule has 1 aromatic heterocycles. The summed E-state index contributed by atoms with van der Waals surface area (Å²) in [5.41, 5.74) is 1.16. The van der Waals surface area contributed by atoms with Crippen molar-refractivity contribution in [1.29, 1.82) is 0 Å². The average Bonchev–Trinajstić information content (AvgIpc) is 2.78. The Morgan fingerprint density at radius 3 is 2.48 bits per heavy atom. The minimum absolute atomic E-state index is 0.197. The van der Waals surface area contributed by atoms with E-state index in [9.17, 15) is 9.59 Å². The van der Waals surface area contributed by atoms with Gasteiger partial charge in [0.15, 0.2) is 0 Å². The summed E-state index contributed by atoms with van der Waals surface area (Å²) in [5, 5.41) is 12.6. The zero-order chi connectivity index (χ0) is 17.5. The molecule has 0 aromatic carbocycles. The highest BCUT2D eigenvalue weighted by Gasteiger charge is 2.28. The van der Waals surface area contributed by atoms with Crippen molar-refractivity contribution in [3.63, 3.8) is 0 Å². The molecule has 130 valence electrons. The summed E-state index contributed by atoms with van der Waals surface area (Å²) in [5.74, 6) is -0.197. The van der Waals surface area contributed by atoms with Crippen LogP contribution < -0.4 is 16.0 Å². The van der Waals surface area contributed by atoms with Gasteiger partial charge in [0.25, 0.3) is 0 Å². The number of aryl methyl sites for hydroxylation is 3. The maximum Gasteiger partial charge on any atom is 0.315 e. The Hall–Kier alpha value is -2.05. The van der Waals surface area contributed by atoms with Gasteiger partial charge < -0.3 is 16.0 Å². The number of nitrogens with one attached hydrogen (secondary N) is 3. The van der Waals surface area contributed by atoms with Crippen molar-refractivity contribution < 1.29 is 9.59 Å². The van der Waals surface area contributed by atoms with E-state index in [0.717, 1.165) is 30.8 Å². The molecular weight excluding hydrogens is 294 g/mol. The second-order valence-corrected chi connectivity index (χ2v) is 6.27. The van der Waals surface area contributed by atoms with Crippen LogP contribution in [0.5, 0.6) is 0 Å². The third kappa shape index (κ3) is 6.30. The van der Waals surface area contributed by atoms with E-state index in [1.54, 1.807) is 13.8 Å². The number of carbonyl (C=O) groups is 2. The summed E-state index contributed by atoms with van der Waals surface area (Å²) < 4.78 is 1.93. The lowest BCUT2D eigenvalue weighted by molar-refractivity contribution is -0.126. The van der Waals surface area contributed by atoms with Crippen LogP contribution in [-0.4, -0.2) is 40.3 Å². The maximum absolute atomic E-state index is 12.2. The Morgan fingerprint density at radius 1 is 1.22 bits per heavy atom. The summed E-state index contributed by atoms with van der Waals surface area (Å²) >= 11 is 0. The van der Waals surface area contributed by atoms with E-state index < -0.39 is 5.54 Å². The van der Waals surface area contributed by atoms with Crippen LogP contribution in [0.3, 0.4) is 0 Å². The topological polar surface area (TPSA) is 88.0 Å². The predicted octanol–water partition coefficient (Wildman–Crippen LogP) is 1.49. The van der Waals surface area contributed by atoms with Crippen LogP contribution in [0, 0.1) is 13.8 Å². The molecule has 0 saturated heterocycles. The van der Waals surface area contributed by atoms with E-state index in [-0.39, 0.29) is 11.9 Å². The van der Waals surface area contributed by atoms with Gasteiger partial charge in [-0.3, -0.25) is 9.48 Å². The first-order chi connectivity index (χ1) is 10.8. The Labute approximate surface area is 138 Å². The zero-order valence-electron chi connectivity index (χ0n) is 14.8. The first-order valence-corrected chi connectivity index (χ1v) is 8.11. The van der Waals surface area contributed by atoms with Crippen LogP contribution >= 0.6 is 0 Å². The summed E-state index contributed by atoms with van der Waals surface area (Å²) in [4.78, 5) is 23.8. The van der Waals surface area contributed by atoms with Crippen LogP contribution in [0.4, 0.5) is 4.79 Å². The van der Waals surface area contributed by atoms with Crippen LogP contribution in [0.25, 0.3) is 0 Å². The third-order valence-electron chi connectivity index (χ3n) is 3.46. The summed E-state index contributed by atoms with van der Waals surface area (Å²) in [6, 6.07) is 1.70. The fraction of sp³-hybridized carbons (Fsp3) is 0.688. The van der Waals surface area contributed by atoms with E-state index in [1.165, 1.54) is 0 Å². The van der Waals surface area contributed by atoms with Crippen molar-refractivity contribution in [2.24, 2.45) is 0 Å². The van der Waals surface area contributed by atoms with Gasteiger partial charge in [0.2, 0.25) is 5.91 Å². The van der Waals surface area contributed by atoms with Gasteiger partial charge in [-0.1, -0.05) is 6.92 Å². The molecule has 1 heterocycles. The van der Waals surface area contributed by atoms with E-state index >= 15 is 0 Å². The number of amides is 3. The minimum Gasteiger partial charge on any atom is -0.354 e. The summed E-state index contributed by atoms with van der Waals surface area (Å²) in [6.07, 6.45) is 1.64. The van der Waals surface area contributed by atoms with Crippen molar-refractivity contribution in [3.05, 3.63) is 17.5 Å². The number of urea groups is 1. The lowest BCUT2D eigenvalue weighted by Crippen LogP contribution is -2.57. The average molecular weight is 323 g/mol. The van der Waals surface area contributed by atoms with E-state index in [2.05, 4.69) is 21.0 Å². The van der Waals surface area contributed by atoms with E-state index in [0.29, 0.717) is 13.1 Å². The molecule has 0 bridgehead atoms. The Bertz CT molecular complexity index is 537. The van der Waals surface area contributed by atoms with Gasteiger partial charge in [0.1, 0.15) is 5.54 Å².